The molecular formula is C12H14INO3. The highest BCUT2D eigenvalue weighted by atomic mass is 127. The number of amides is 1. The summed E-state index contributed by atoms with van der Waals surface area (Å²) in [5.41, 5.74) is 1.50. The Kier molecular flexibility index (Phi) is 4.92. The van der Waals surface area contributed by atoms with Gasteiger partial charge in [-0.25, -0.2) is 0 Å². The van der Waals surface area contributed by atoms with E-state index in [4.69, 9.17) is 5.11 Å². The molecule has 1 rings (SSSR count). The number of halogens is 1. The van der Waals surface area contributed by atoms with Crippen LogP contribution in [0, 0.1) is 16.4 Å². The highest BCUT2D eigenvalue weighted by molar-refractivity contribution is 14.1. The first-order valence-corrected chi connectivity index (χ1v) is 6.27. The summed E-state index contributed by atoms with van der Waals surface area (Å²) >= 11 is 2.16. The van der Waals surface area contributed by atoms with E-state index >= 15 is 0 Å². The van der Waals surface area contributed by atoms with E-state index in [2.05, 4.69) is 27.9 Å². The molecule has 17 heavy (non-hydrogen) atoms. The number of benzene rings is 1. The van der Waals surface area contributed by atoms with Gasteiger partial charge in [0.2, 0.25) is 0 Å². The number of hydrogen-bond donors (Lipinski definition) is 2. The van der Waals surface area contributed by atoms with Crippen LogP contribution in [0.2, 0.25) is 0 Å². The molecule has 0 spiro atoms. The zero-order valence-electron chi connectivity index (χ0n) is 9.66. The van der Waals surface area contributed by atoms with Crippen LogP contribution in [-0.4, -0.2) is 23.5 Å². The van der Waals surface area contributed by atoms with Crippen LogP contribution in [-0.2, 0) is 4.79 Å². The zero-order valence-corrected chi connectivity index (χ0v) is 11.8. The van der Waals surface area contributed by atoms with Crippen molar-refractivity contribution in [3.8, 4) is 0 Å². The molecule has 5 heteroatoms. The van der Waals surface area contributed by atoms with Gasteiger partial charge in [-0.15, -0.1) is 0 Å². The van der Waals surface area contributed by atoms with Gasteiger partial charge in [0.25, 0.3) is 5.91 Å². The second-order valence-corrected chi connectivity index (χ2v) is 5.02. The van der Waals surface area contributed by atoms with E-state index in [9.17, 15) is 9.59 Å². The van der Waals surface area contributed by atoms with Gasteiger partial charge >= 0.3 is 5.97 Å². The quantitative estimate of drug-likeness (QED) is 0.820. The lowest BCUT2D eigenvalue weighted by molar-refractivity contribution is -0.140. The molecule has 92 valence electrons. The Balaban J connectivity index is 2.71. The van der Waals surface area contributed by atoms with Gasteiger partial charge in [-0.05, 0) is 47.2 Å². The van der Waals surface area contributed by atoms with Crippen molar-refractivity contribution >= 4 is 34.5 Å². The van der Waals surface area contributed by atoms with Gasteiger partial charge in [0.15, 0.2) is 0 Å². The Morgan fingerprint density at radius 1 is 1.47 bits per heavy atom. The average Bonchev–Trinajstić information content (AvgIpc) is 2.29. The highest BCUT2D eigenvalue weighted by Crippen LogP contribution is 2.15. The van der Waals surface area contributed by atoms with E-state index in [0.717, 1.165) is 9.13 Å². The van der Waals surface area contributed by atoms with Crippen molar-refractivity contribution in [1.29, 1.82) is 0 Å². The minimum Gasteiger partial charge on any atom is -0.481 e. The van der Waals surface area contributed by atoms with Crippen LogP contribution < -0.4 is 5.32 Å². The Hall–Kier alpha value is -1.11. The SMILES string of the molecule is Cc1c(I)cccc1C(=O)NCC(C)C(=O)O. The smallest absolute Gasteiger partial charge is 0.308 e. The second kappa shape index (κ2) is 6.00. The number of rotatable bonds is 4. The lowest BCUT2D eigenvalue weighted by Crippen LogP contribution is -2.31. The van der Waals surface area contributed by atoms with Crippen LogP contribution >= 0.6 is 22.6 Å². The number of nitrogens with one attached hydrogen (secondary N) is 1. The van der Waals surface area contributed by atoms with Crippen molar-refractivity contribution in [1.82, 2.24) is 5.32 Å². The molecule has 0 radical (unpaired) electrons. The minimum atomic E-state index is -0.912. The molecule has 0 aromatic heterocycles. The van der Waals surface area contributed by atoms with Crippen LogP contribution in [0.5, 0.6) is 0 Å². The molecule has 0 bridgehead atoms. The normalized spacial score (nSPS) is 11.9. The Bertz CT molecular complexity index is 445. The van der Waals surface area contributed by atoms with E-state index in [1.165, 1.54) is 0 Å². The number of hydrogen-bond acceptors (Lipinski definition) is 2. The molecule has 1 atom stereocenters. The Labute approximate surface area is 114 Å². The number of carboxylic acid groups (broad SMARTS) is 1. The molecule has 0 heterocycles. The summed E-state index contributed by atoms with van der Waals surface area (Å²) in [6.07, 6.45) is 0. The number of carbonyl (C=O) groups is 2. The van der Waals surface area contributed by atoms with Gasteiger partial charge in [0.1, 0.15) is 0 Å². The van der Waals surface area contributed by atoms with Crippen LogP contribution in [0.4, 0.5) is 0 Å². The fraction of sp³-hybridized carbons (Fsp3) is 0.333. The topological polar surface area (TPSA) is 66.4 Å². The predicted octanol–water partition coefficient (Wildman–Crippen LogP) is 2.05. The standard InChI is InChI=1S/C12H14INO3/c1-7(12(16)17)6-14-11(15)9-4-3-5-10(13)8(9)2/h3-5,7H,6H2,1-2H3,(H,14,15)(H,16,17). The molecular weight excluding hydrogens is 333 g/mol. The van der Waals surface area contributed by atoms with Crippen molar-refractivity contribution in [2.24, 2.45) is 5.92 Å². The van der Waals surface area contributed by atoms with E-state index in [1.807, 2.05) is 19.1 Å². The minimum absolute atomic E-state index is 0.138. The summed E-state index contributed by atoms with van der Waals surface area (Å²) in [6, 6.07) is 5.47. The number of aliphatic carboxylic acids is 1. The third-order valence-electron chi connectivity index (χ3n) is 2.50. The van der Waals surface area contributed by atoms with Crippen molar-refractivity contribution < 1.29 is 14.7 Å². The first kappa shape index (κ1) is 14.0. The third kappa shape index (κ3) is 3.69. The summed E-state index contributed by atoms with van der Waals surface area (Å²) in [5, 5.41) is 11.3. The van der Waals surface area contributed by atoms with Gasteiger partial charge in [-0.3, -0.25) is 9.59 Å². The second-order valence-electron chi connectivity index (χ2n) is 3.86. The van der Waals surface area contributed by atoms with Crippen LogP contribution in [0.25, 0.3) is 0 Å². The number of carboxylic acids is 1. The highest BCUT2D eigenvalue weighted by Gasteiger charge is 2.14. The van der Waals surface area contributed by atoms with E-state index in [1.54, 1.807) is 13.0 Å². The van der Waals surface area contributed by atoms with Gasteiger partial charge in [0.05, 0.1) is 5.92 Å². The first-order valence-electron chi connectivity index (χ1n) is 5.19. The summed E-state index contributed by atoms with van der Waals surface area (Å²) in [5.74, 6) is -1.72. The fourth-order valence-corrected chi connectivity index (χ4v) is 1.78. The Morgan fingerprint density at radius 3 is 2.71 bits per heavy atom. The average molecular weight is 347 g/mol. The molecule has 0 saturated carbocycles. The lowest BCUT2D eigenvalue weighted by Gasteiger charge is -2.10. The maximum atomic E-state index is 11.8. The molecule has 0 saturated heterocycles. The lowest BCUT2D eigenvalue weighted by atomic mass is 10.1. The number of carbonyl (C=O) groups excluding carboxylic acids is 1. The van der Waals surface area contributed by atoms with Gasteiger partial charge in [-0.2, -0.15) is 0 Å². The molecule has 0 fully saturated rings. The van der Waals surface area contributed by atoms with Gasteiger partial charge in [-0.1, -0.05) is 13.0 Å². The molecule has 1 aromatic carbocycles. The largest absolute Gasteiger partial charge is 0.481 e. The molecule has 1 amide bonds. The molecule has 1 unspecified atom stereocenters. The molecule has 4 nitrogen and oxygen atoms in total. The zero-order chi connectivity index (χ0) is 13.0. The summed E-state index contributed by atoms with van der Waals surface area (Å²) in [4.78, 5) is 22.5. The first-order chi connectivity index (χ1) is 7.93. The summed E-state index contributed by atoms with van der Waals surface area (Å²) in [7, 11) is 0. The molecule has 0 aliphatic rings. The summed E-state index contributed by atoms with van der Waals surface area (Å²) < 4.78 is 1.02. The maximum Gasteiger partial charge on any atom is 0.308 e. The van der Waals surface area contributed by atoms with Crippen LogP contribution in [0.1, 0.15) is 22.8 Å². The van der Waals surface area contributed by atoms with E-state index < -0.39 is 11.9 Å². The third-order valence-corrected chi connectivity index (χ3v) is 3.67. The van der Waals surface area contributed by atoms with Crippen molar-refractivity contribution in [3.05, 3.63) is 32.9 Å². The predicted molar refractivity (Wildman–Crippen MR) is 73.0 cm³/mol. The maximum absolute atomic E-state index is 11.8. The van der Waals surface area contributed by atoms with E-state index in [-0.39, 0.29) is 12.5 Å². The van der Waals surface area contributed by atoms with Crippen molar-refractivity contribution in [2.75, 3.05) is 6.54 Å². The monoisotopic (exact) mass is 347 g/mol. The van der Waals surface area contributed by atoms with Crippen molar-refractivity contribution in [2.45, 2.75) is 13.8 Å². The molecule has 2 N–H and O–H groups in total. The molecule has 1 aromatic rings. The van der Waals surface area contributed by atoms with E-state index in [0.29, 0.717) is 5.56 Å². The van der Waals surface area contributed by atoms with Gasteiger partial charge in [0, 0.05) is 15.7 Å². The van der Waals surface area contributed by atoms with Crippen LogP contribution in [0.15, 0.2) is 18.2 Å². The van der Waals surface area contributed by atoms with Crippen molar-refractivity contribution in [3.63, 3.8) is 0 Å². The van der Waals surface area contributed by atoms with Crippen LogP contribution in [0.3, 0.4) is 0 Å². The summed E-state index contributed by atoms with van der Waals surface area (Å²) in [6.45, 7) is 3.57. The fourth-order valence-electron chi connectivity index (χ4n) is 1.28. The molecule has 0 aliphatic heterocycles. The Morgan fingerprint density at radius 2 is 2.12 bits per heavy atom. The molecule has 0 aliphatic carbocycles. The van der Waals surface area contributed by atoms with Gasteiger partial charge < -0.3 is 10.4 Å².